The number of rotatable bonds is 5. The standard InChI is InChI=1S/C16H30O3Si/c1-13(17)19-15(14-10-8-7-9-11-14)12-18-20(5,6)16(2,3)4/h7-8,14-15H,9-12H2,1-6H3/t14-,15?/m1/s1. The van der Waals surface area contributed by atoms with Gasteiger partial charge in [0.25, 0.3) is 0 Å². The van der Waals surface area contributed by atoms with Gasteiger partial charge in [-0.1, -0.05) is 32.9 Å². The first-order valence-electron chi connectivity index (χ1n) is 7.59. The minimum atomic E-state index is -1.79. The molecule has 1 aliphatic rings. The highest BCUT2D eigenvalue weighted by Gasteiger charge is 2.38. The Labute approximate surface area is 124 Å². The molecule has 4 heteroatoms. The van der Waals surface area contributed by atoms with Crippen LogP contribution in [0.2, 0.25) is 18.1 Å². The number of hydrogen-bond donors (Lipinski definition) is 0. The van der Waals surface area contributed by atoms with Crippen LogP contribution in [-0.4, -0.2) is 27.0 Å². The lowest BCUT2D eigenvalue weighted by Gasteiger charge is -2.38. The zero-order chi connectivity index (χ0) is 15.4. The molecular weight excluding hydrogens is 268 g/mol. The van der Waals surface area contributed by atoms with Crippen LogP contribution >= 0.6 is 0 Å². The first-order chi connectivity index (χ1) is 9.13. The van der Waals surface area contributed by atoms with E-state index in [2.05, 4.69) is 46.0 Å². The van der Waals surface area contributed by atoms with Crippen molar-refractivity contribution in [1.29, 1.82) is 0 Å². The molecule has 0 bridgehead atoms. The molecule has 0 aromatic heterocycles. The van der Waals surface area contributed by atoms with Gasteiger partial charge in [-0.3, -0.25) is 4.79 Å². The SMILES string of the molecule is CC(=O)OC(CO[Si](C)(C)C(C)(C)C)[C@@H]1CC=CCC1. The Morgan fingerprint density at radius 3 is 2.45 bits per heavy atom. The lowest BCUT2D eigenvalue weighted by molar-refractivity contribution is -0.151. The molecule has 0 heterocycles. The average Bonchev–Trinajstić information content (AvgIpc) is 2.33. The molecule has 0 aliphatic heterocycles. The van der Waals surface area contributed by atoms with Crippen molar-refractivity contribution in [3.8, 4) is 0 Å². The number of allylic oxidation sites excluding steroid dienone is 2. The predicted molar refractivity (Wildman–Crippen MR) is 85.2 cm³/mol. The molecule has 1 unspecified atom stereocenters. The molecule has 1 aliphatic carbocycles. The van der Waals surface area contributed by atoms with Crippen molar-refractivity contribution in [1.82, 2.24) is 0 Å². The fraction of sp³-hybridized carbons (Fsp3) is 0.812. The van der Waals surface area contributed by atoms with E-state index < -0.39 is 8.32 Å². The largest absolute Gasteiger partial charge is 0.460 e. The third kappa shape index (κ3) is 5.06. The van der Waals surface area contributed by atoms with Crippen LogP contribution in [0.15, 0.2) is 12.2 Å². The van der Waals surface area contributed by atoms with Crippen LogP contribution in [0.25, 0.3) is 0 Å². The first kappa shape index (κ1) is 17.4. The van der Waals surface area contributed by atoms with E-state index >= 15 is 0 Å². The average molecular weight is 298 g/mol. The molecule has 0 spiro atoms. The molecule has 116 valence electrons. The Kier molecular flexibility index (Phi) is 6.01. The van der Waals surface area contributed by atoms with Gasteiger partial charge in [0.15, 0.2) is 8.32 Å². The quantitative estimate of drug-likeness (QED) is 0.431. The fourth-order valence-corrected chi connectivity index (χ4v) is 3.16. The van der Waals surface area contributed by atoms with E-state index in [0.717, 1.165) is 19.3 Å². The van der Waals surface area contributed by atoms with Crippen molar-refractivity contribution < 1.29 is 14.0 Å². The molecule has 0 aromatic rings. The lowest BCUT2D eigenvalue weighted by atomic mass is 9.89. The summed E-state index contributed by atoms with van der Waals surface area (Å²) in [6.07, 6.45) is 7.43. The molecule has 0 N–H and O–H groups in total. The molecule has 3 nitrogen and oxygen atoms in total. The second-order valence-electron chi connectivity index (χ2n) is 7.26. The van der Waals surface area contributed by atoms with Crippen LogP contribution in [0.3, 0.4) is 0 Å². The van der Waals surface area contributed by atoms with Crippen LogP contribution in [0.4, 0.5) is 0 Å². The smallest absolute Gasteiger partial charge is 0.302 e. The minimum Gasteiger partial charge on any atom is -0.460 e. The van der Waals surface area contributed by atoms with Crippen molar-refractivity contribution in [2.45, 2.75) is 71.2 Å². The van der Waals surface area contributed by atoms with Crippen LogP contribution in [-0.2, 0) is 14.0 Å². The molecule has 0 amide bonds. The van der Waals surface area contributed by atoms with Gasteiger partial charge in [-0.05, 0) is 37.4 Å². The van der Waals surface area contributed by atoms with Gasteiger partial charge in [0.05, 0.1) is 6.61 Å². The van der Waals surface area contributed by atoms with Crippen molar-refractivity contribution in [2.75, 3.05) is 6.61 Å². The van der Waals surface area contributed by atoms with E-state index in [1.165, 1.54) is 6.92 Å². The van der Waals surface area contributed by atoms with Gasteiger partial charge in [0.1, 0.15) is 6.10 Å². The van der Waals surface area contributed by atoms with Gasteiger partial charge in [-0.2, -0.15) is 0 Å². The lowest BCUT2D eigenvalue weighted by Crippen LogP contribution is -2.44. The molecule has 1 rings (SSSR count). The first-order valence-corrected chi connectivity index (χ1v) is 10.5. The van der Waals surface area contributed by atoms with Crippen LogP contribution in [0.5, 0.6) is 0 Å². The second kappa shape index (κ2) is 6.90. The van der Waals surface area contributed by atoms with Crippen molar-refractivity contribution in [2.24, 2.45) is 5.92 Å². The van der Waals surface area contributed by atoms with E-state index in [1.807, 2.05) is 0 Å². The predicted octanol–water partition coefficient (Wildman–Crippen LogP) is 4.30. The molecule has 0 saturated carbocycles. The maximum absolute atomic E-state index is 11.3. The Hall–Kier alpha value is -0.613. The highest BCUT2D eigenvalue weighted by atomic mass is 28.4. The number of ether oxygens (including phenoxy) is 1. The summed E-state index contributed by atoms with van der Waals surface area (Å²) >= 11 is 0. The Morgan fingerprint density at radius 1 is 1.35 bits per heavy atom. The Balaban J connectivity index is 2.65. The zero-order valence-electron chi connectivity index (χ0n) is 13.9. The number of carbonyl (C=O) groups excluding carboxylic acids is 1. The molecule has 0 fully saturated rings. The van der Waals surface area contributed by atoms with E-state index in [4.69, 9.17) is 9.16 Å². The third-order valence-electron chi connectivity index (χ3n) is 4.57. The highest BCUT2D eigenvalue weighted by molar-refractivity contribution is 6.74. The summed E-state index contributed by atoms with van der Waals surface area (Å²) < 4.78 is 11.8. The van der Waals surface area contributed by atoms with Gasteiger partial charge in [-0.15, -0.1) is 0 Å². The Morgan fingerprint density at radius 2 is 2.00 bits per heavy atom. The summed E-state index contributed by atoms with van der Waals surface area (Å²) in [6.45, 7) is 13.2. The zero-order valence-corrected chi connectivity index (χ0v) is 14.9. The number of hydrogen-bond acceptors (Lipinski definition) is 3. The molecule has 0 radical (unpaired) electrons. The maximum Gasteiger partial charge on any atom is 0.302 e. The van der Waals surface area contributed by atoms with E-state index in [1.54, 1.807) is 0 Å². The molecule has 0 saturated heterocycles. The van der Waals surface area contributed by atoms with Crippen LogP contribution < -0.4 is 0 Å². The second-order valence-corrected chi connectivity index (χ2v) is 12.1. The maximum atomic E-state index is 11.3. The molecular formula is C16H30O3Si. The summed E-state index contributed by atoms with van der Waals surface area (Å²) in [4.78, 5) is 11.3. The number of esters is 1. The molecule has 0 aromatic carbocycles. The summed E-state index contributed by atoms with van der Waals surface area (Å²) in [5.74, 6) is 0.192. The van der Waals surface area contributed by atoms with E-state index in [9.17, 15) is 4.79 Å². The van der Waals surface area contributed by atoms with Gasteiger partial charge < -0.3 is 9.16 Å². The minimum absolute atomic E-state index is 0.105. The van der Waals surface area contributed by atoms with Crippen molar-refractivity contribution >= 4 is 14.3 Å². The molecule has 20 heavy (non-hydrogen) atoms. The van der Waals surface area contributed by atoms with E-state index in [-0.39, 0.29) is 17.1 Å². The molecule has 2 atom stereocenters. The highest BCUT2D eigenvalue weighted by Crippen LogP contribution is 2.37. The van der Waals surface area contributed by atoms with Crippen LogP contribution in [0, 0.1) is 5.92 Å². The summed E-state index contributed by atoms with van der Waals surface area (Å²) in [5, 5.41) is 0.181. The Bertz CT molecular complexity index is 355. The third-order valence-corrected chi connectivity index (χ3v) is 9.07. The van der Waals surface area contributed by atoms with Gasteiger partial charge in [0, 0.05) is 12.8 Å². The monoisotopic (exact) mass is 298 g/mol. The summed E-state index contributed by atoms with van der Waals surface area (Å²) in [6, 6.07) is 0. The van der Waals surface area contributed by atoms with Crippen molar-refractivity contribution in [3.63, 3.8) is 0 Å². The summed E-state index contributed by atoms with van der Waals surface area (Å²) in [7, 11) is -1.79. The fourth-order valence-electron chi connectivity index (χ4n) is 2.14. The van der Waals surface area contributed by atoms with Gasteiger partial charge in [0.2, 0.25) is 0 Å². The summed E-state index contributed by atoms with van der Waals surface area (Å²) in [5.41, 5.74) is 0. The van der Waals surface area contributed by atoms with Gasteiger partial charge >= 0.3 is 5.97 Å². The topological polar surface area (TPSA) is 35.5 Å². The normalized spacial score (nSPS) is 21.6. The van der Waals surface area contributed by atoms with Gasteiger partial charge in [-0.25, -0.2) is 0 Å². The number of carbonyl (C=O) groups is 1. The van der Waals surface area contributed by atoms with E-state index in [0.29, 0.717) is 12.5 Å². The van der Waals surface area contributed by atoms with Crippen molar-refractivity contribution in [3.05, 3.63) is 12.2 Å². The van der Waals surface area contributed by atoms with Crippen LogP contribution in [0.1, 0.15) is 47.0 Å².